The van der Waals surface area contributed by atoms with Gasteiger partial charge in [0.15, 0.2) is 0 Å². The maximum absolute atomic E-state index is 2.85. The van der Waals surface area contributed by atoms with Gasteiger partial charge in [-0.2, -0.15) is 23.2 Å². The molecule has 0 bridgehead atoms. The second-order valence-corrected chi connectivity index (χ2v) is 28.7. The molecule has 0 N–H and O–H groups in total. The van der Waals surface area contributed by atoms with E-state index in [1.54, 1.807) is 0 Å². The molecule has 0 aliphatic heterocycles. The van der Waals surface area contributed by atoms with E-state index in [1.807, 2.05) is 0 Å². The summed E-state index contributed by atoms with van der Waals surface area (Å²) < 4.78 is 0. The highest BCUT2D eigenvalue weighted by Crippen LogP contribution is 2.57. The van der Waals surface area contributed by atoms with Crippen LogP contribution in [-0.2, 0) is 0 Å². The zero-order valence-electron chi connectivity index (χ0n) is 61.4. The molecular weight excluding hydrogens is 1320 g/mol. The molecule has 110 heavy (non-hydrogen) atoms. The van der Waals surface area contributed by atoms with Crippen LogP contribution in [0.2, 0.25) is 6.82 Å². The Hall–Kier alpha value is -14.0. The van der Waals surface area contributed by atoms with E-state index < -0.39 is 6.15 Å². The zero-order valence-corrected chi connectivity index (χ0v) is 61.4. The van der Waals surface area contributed by atoms with Crippen molar-refractivity contribution in [1.82, 2.24) is 0 Å². The van der Waals surface area contributed by atoms with Gasteiger partial charge in [0.1, 0.15) is 0 Å². The van der Waals surface area contributed by atoms with Crippen LogP contribution in [0.25, 0.3) is 167 Å². The predicted molar refractivity (Wildman–Crippen MR) is 471 cm³/mol. The van der Waals surface area contributed by atoms with Gasteiger partial charge in [-0.15, -0.1) is 0 Å². The summed E-state index contributed by atoms with van der Waals surface area (Å²) in [7, 11) is 0. The molecule has 0 fully saturated rings. The minimum Gasteiger partial charge on any atom is -0.183 e. The fraction of sp³-hybridized carbons (Fsp3) is 0.00917. The number of hydrogen-bond donors (Lipinski definition) is 0. The van der Waals surface area contributed by atoms with Gasteiger partial charge in [0.2, 0.25) is 0 Å². The third kappa shape index (κ3) is 12.4. The average Bonchev–Trinajstić information content (AvgIpc) is 0.670. The van der Waals surface area contributed by atoms with Gasteiger partial charge in [-0.1, -0.05) is 455 Å². The van der Waals surface area contributed by atoms with Crippen LogP contribution in [0.4, 0.5) is 0 Å². The van der Waals surface area contributed by atoms with Gasteiger partial charge in [-0.3, -0.25) is 0 Å². The van der Waals surface area contributed by atoms with Crippen LogP contribution < -0.4 is 16.4 Å². The standard InChI is InChI=1S/C109H78B/c1-110(107-101(86-65-35-11-36-66-86)95(80-53-23-5-24-54-80)92(77-47-17-2-18-48-77)96(81-55-25-6-26-56-81)102(107)87-67-37-12-38-68-87,108-103(88-69-39-13-40-70-88)97(82-57-27-7-28-58-82)93(78-49-19-3-20-50-78)98(83-59-29-8-30-60-83)104(108)89-71-41-14-42-72-89)109-105(90-73-43-15-44-74-90)99(84-61-31-9-32-62-84)94(79-51-21-4-22-52-79)100(85-63-33-10-34-64-85)106(109)91-75-45-16-46-76-91/h2-76H,1H3/q-1. The lowest BCUT2D eigenvalue weighted by atomic mass is 9.13. The molecule has 0 amide bonds. The van der Waals surface area contributed by atoms with Gasteiger partial charge in [-0.25, -0.2) is 0 Å². The van der Waals surface area contributed by atoms with Crippen LogP contribution >= 0.6 is 0 Å². The molecule has 0 nitrogen and oxygen atoms in total. The summed E-state index contributed by atoms with van der Waals surface area (Å²) in [6.45, 7) is 2.75. The number of hydrogen-bond acceptors (Lipinski definition) is 0. The Morgan fingerprint density at radius 2 is 0.173 bits per heavy atom. The van der Waals surface area contributed by atoms with E-state index in [2.05, 4.69) is 462 Å². The summed E-state index contributed by atoms with van der Waals surface area (Å²) in [5, 5.41) is 0. The monoisotopic (exact) mass is 1400 g/mol. The first-order valence-electron chi connectivity index (χ1n) is 38.4. The molecule has 518 valence electrons. The fourth-order valence-electron chi connectivity index (χ4n) is 17.9. The van der Waals surface area contributed by atoms with Crippen molar-refractivity contribution in [3.05, 3.63) is 455 Å². The Balaban J connectivity index is 1.29. The van der Waals surface area contributed by atoms with Crippen LogP contribution in [-0.4, -0.2) is 6.15 Å². The van der Waals surface area contributed by atoms with Gasteiger partial charge in [0, 0.05) is 0 Å². The minimum absolute atomic E-state index is 1.09. The molecule has 0 aliphatic carbocycles. The minimum atomic E-state index is -2.85. The Bertz CT molecular complexity index is 5260. The molecular formula is C109H78B-. The van der Waals surface area contributed by atoms with Crippen LogP contribution in [0.1, 0.15) is 0 Å². The molecule has 0 spiro atoms. The smallest absolute Gasteiger partial charge is 0.0835 e. The van der Waals surface area contributed by atoms with Gasteiger partial charge >= 0.3 is 0 Å². The predicted octanol–water partition coefficient (Wildman–Crippen LogP) is 27.8. The molecule has 18 aromatic carbocycles. The molecule has 0 aliphatic rings. The van der Waals surface area contributed by atoms with Gasteiger partial charge in [0.25, 0.3) is 0 Å². The van der Waals surface area contributed by atoms with Gasteiger partial charge in [0.05, 0.1) is 6.15 Å². The molecule has 0 aromatic heterocycles. The lowest BCUT2D eigenvalue weighted by molar-refractivity contribution is 1.51. The molecule has 1 heteroatoms. The fourth-order valence-corrected chi connectivity index (χ4v) is 17.9. The molecule has 18 aromatic rings. The first-order chi connectivity index (χ1) is 54.6. The maximum atomic E-state index is 2.75. The topological polar surface area (TPSA) is 0 Å². The zero-order chi connectivity index (χ0) is 73.6. The van der Waals surface area contributed by atoms with Crippen molar-refractivity contribution in [2.75, 3.05) is 0 Å². The summed E-state index contributed by atoms with van der Waals surface area (Å²) in [5.74, 6) is 0. The normalized spacial score (nSPS) is 11.3. The van der Waals surface area contributed by atoms with Crippen molar-refractivity contribution in [3.8, 4) is 167 Å². The highest BCUT2D eigenvalue weighted by atomic mass is 14.4. The van der Waals surface area contributed by atoms with Crippen molar-refractivity contribution in [2.45, 2.75) is 6.82 Å². The van der Waals surface area contributed by atoms with Crippen LogP contribution in [0, 0.1) is 0 Å². The van der Waals surface area contributed by atoms with Crippen LogP contribution in [0.5, 0.6) is 0 Å². The van der Waals surface area contributed by atoms with E-state index in [0.717, 1.165) is 167 Å². The third-order valence-corrected chi connectivity index (χ3v) is 22.3. The highest BCUT2D eigenvalue weighted by Gasteiger charge is 2.45. The van der Waals surface area contributed by atoms with E-state index in [-0.39, 0.29) is 0 Å². The molecule has 0 saturated carbocycles. The summed E-state index contributed by atoms with van der Waals surface area (Å²) >= 11 is 0. The Morgan fingerprint density at radius 3 is 0.264 bits per heavy atom. The average molecular weight is 1400 g/mol. The second-order valence-electron chi connectivity index (χ2n) is 28.7. The molecule has 0 unspecified atom stereocenters. The van der Waals surface area contributed by atoms with Crippen molar-refractivity contribution in [1.29, 1.82) is 0 Å². The van der Waals surface area contributed by atoms with Crippen LogP contribution in [0.3, 0.4) is 0 Å². The first-order valence-corrected chi connectivity index (χ1v) is 38.4. The Labute approximate surface area is 646 Å². The maximum Gasteiger partial charge on any atom is 0.0835 e. The number of rotatable bonds is 18. The highest BCUT2D eigenvalue weighted by molar-refractivity contribution is 7.15. The third-order valence-electron chi connectivity index (χ3n) is 22.3. The largest absolute Gasteiger partial charge is 0.183 e. The van der Waals surface area contributed by atoms with E-state index >= 15 is 0 Å². The van der Waals surface area contributed by atoms with E-state index in [0.29, 0.717) is 0 Å². The molecule has 18 rings (SSSR count). The molecule has 0 heterocycles. The van der Waals surface area contributed by atoms with E-state index in [9.17, 15) is 0 Å². The summed E-state index contributed by atoms with van der Waals surface area (Å²) in [6.07, 6.45) is -2.85. The molecule has 0 saturated heterocycles. The Morgan fingerprint density at radius 1 is 0.100 bits per heavy atom. The van der Waals surface area contributed by atoms with E-state index in [4.69, 9.17) is 0 Å². The summed E-state index contributed by atoms with van der Waals surface area (Å²) in [4.78, 5) is 0. The van der Waals surface area contributed by atoms with Gasteiger partial charge < -0.3 is 0 Å². The Kier molecular flexibility index (Phi) is 18.8. The van der Waals surface area contributed by atoms with Crippen molar-refractivity contribution in [3.63, 3.8) is 0 Å². The van der Waals surface area contributed by atoms with Crippen molar-refractivity contribution in [2.24, 2.45) is 0 Å². The first kappa shape index (κ1) is 67.9. The summed E-state index contributed by atoms with van der Waals surface area (Å²) in [5.41, 5.74) is 37.1. The SMILES string of the molecule is C[B-](c1c(-c2ccccc2)c(-c2ccccc2)c(-c2ccccc2)c(-c2ccccc2)c1-c1ccccc1)(c1c(-c2ccccc2)c(-c2ccccc2)c(-c2ccccc2)c(-c2ccccc2)c1-c1ccccc1)c1c(-c2ccccc2)c(-c2ccccc2)c(-c2ccccc2)c(-c2ccccc2)c1-c1ccccc1. The second kappa shape index (κ2) is 30.5. The lowest BCUT2D eigenvalue weighted by Crippen LogP contribution is -2.68. The van der Waals surface area contributed by atoms with Gasteiger partial charge in [-0.05, 0) is 167 Å². The number of benzene rings is 18. The summed E-state index contributed by atoms with van der Waals surface area (Å²) in [6, 6.07) is 171. The van der Waals surface area contributed by atoms with E-state index in [1.165, 1.54) is 16.4 Å². The molecule has 0 atom stereocenters. The van der Waals surface area contributed by atoms with Crippen molar-refractivity contribution < 1.29 is 0 Å². The molecule has 0 radical (unpaired) electrons. The van der Waals surface area contributed by atoms with Crippen LogP contribution in [0.15, 0.2) is 455 Å². The lowest BCUT2D eigenvalue weighted by Gasteiger charge is -2.51. The van der Waals surface area contributed by atoms with Crippen molar-refractivity contribution >= 4 is 22.5 Å². The quantitative estimate of drug-likeness (QED) is 0.0751.